The smallest absolute Gasteiger partial charge is 0.251 e. The van der Waals surface area contributed by atoms with Gasteiger partial charge in [0.25, 0.3) is 5.91 Å². The van der Waals surface area contributed by atoms with Crippen LogP contribution < -0.4 is 9.62 Å². The minimum atomic E-state index is -3.28. The first-order valence-corrected chi connectivity index (χ1v) is 10.5. The van der Waals surface area contributed by atoms with Gasteiger partial charge in [0.05, 0.1) is 11.4 Å². The zero-order chi connectivity index (χ0) is 18.7. The molecule has 0 saturated heterocycles. The summed E-state index contributed by atoms with van der Waals surface area (Å²) in [6.45, 7) is 4.64. The van der Waals surface area contributed by atoms with E-state index in [-0.39, 0.29) is 11.7 Å². The van der Waals surface area contributed by atoms with Crippen molar-refractivity contribution in [3.05, 3.63) is 64.7 Å². The zero-order valence-corrected chi connectivity index (χ0v) is 16.0. The highest BCUT2D eigenvalue weighted by atomic mass is 32.2. The van der Waals surface area contributed by atoms with Crippen molar-refractivity contribution in [1.29, 1.82) is 0 Å². The molecule has 0 atom stereocenters. The van der Waals surface area contributed by atoms with Gasteiger partial charge in [-0.1, -0.05) is 29.8 Å². The number of nitrogens with zero attached hydrogens (tertiary/aromatic N) is 1. The van der Waals surface area contributed by atoms with Crippen LogP contribution in [0.3, 0.4) is 0 Å². The number of carbonyl (C=O) groups is 1. The lowest BCUT2D eigenvalue weighted by atomic mass is 10.0. The molecule has 1 aliphatic rings. The van der Waals surface area contributed by atoms with Crippen molar-refractivity contribution >= 4 is 21.6 Å². The number of aryl methyl sites for hydroxylation is 2. The molecule has 5 nitrogen and oxygen atoms in total. The summed E-state index contributed by atoms with van der Waals surface area (Å²) in [4.78, 5) is 12.5. The molecule has 3 rings (SSSR count). The molecule has 0 aliphatic carbocycles. The molecule has 0 unspecified atom stereocenters. The number of benzene rings is 2. The molecule has 0 bridgehead atoms. The van der Waals surface area contributed by atoms with Crippen LogP contribution in [-0.2, 0) is 23.0 Å². The van der Waals surface area contributed by atoms with E-state index in [1.54, 1.807) is 19.1 Å². The van der Waals surface area contributed by atoms with E-state index in [1.165, 1.54) is 9.87 Å². The van der Waals surface area contributed by atoms with Crippen LogP contribution in [0, 0.1) is 6.92 Å². The van der Waals surface area contributed by atoms with Crippen molar-refractivity contribution in [3.63, 3.8) is 0 Å². The second-order valence-corrected chi connectivity index (χ2v) is 8.77. The second kappa shape index (κ2) is 7.50. The monoisotopic (exact) mass is 372 g/mol. The highest BCUT2D eigenvalue weighted by Gasteiger charge is 2.26. The van der Waals surface area contributed by atoms with Crippen LogP contribution in [0.25, 0.3) is 0 Å². The van der Waals surface area contributed by atoms with Crippen molar-refractivity contribution in [2.75, 3.05) is 16.6 Å². The Balaban J connectivity index is 1.75. The molecule has 0 fully saturated rings. The number of carbonyl (C=O) groups excluding carboxylic acids is 1. The molecular formula is C20H24N2O3S. The molecule has 26 heavy (non-hydrogen) atoms. The summed E-state index contributed by atoms with van der Waals surface area (Å²) in [5.74, 6) is -0.0746. The number of rotatable bonds is 5. The predicted molar refractivity (Wildman–Crippen MR) is 104 cm³/mol. The summed E-state index contributed by atoms with van der Waals surface area (Å²) >= 11 is 0. The van der Waals surface area contributed by atoms with Crippen LogP contribution in [0.5, 0.6) is 0 Å². The molecule has 1 amide bonds. The van der Waals surface area contributed by atoms with Crippen molar-refractivity contribution < 1.29 is 13.2 Å². The van der Waals surface area contributed by atoms with Gasteiger partial charge in [0, 0.05) is 18.7 Å². The number of nitrogens with one attached hydrogen (secondary N) is 1. The van der Waals surface area contributed by atoms with E-state index in [0.29, 0.717) is 24.3 Å². The molecular weight excluding hydrogens is 348 g/mol. The molecule has 0 aromatic heterocycles. The number of anilines is 1. The van der Waals surface area contributed by atoms with Gasteiger partial charge in [0.15, 0.2) is 0 Å². The number of amides is 1. The lowest BCUT2D eigenvalue weighted by Gasteiger charge is -2.30. The normalized spacial score (nSPS) is 14.0. The van der Waals surface area contributed by atoms with E-state index in [4.69, 9.17) is 0 Å². The van der Waals surface area contributed by atoms with E-state index in [9.17, 15) is 13.2 Å². The van der Waals surface area contributed by atoms with Crippen LogP contribution >= 0.6 is 0 Å². The van der Waals surface area contributed by atoms with Crippen LogP contribution in [0.4, 0.5) is 5.69 Å². The predicted octanol–water partition coefficient (Wildman–Crippen LogP) is 3.03. The third-order valence-corrected chi connectivity index (χ3v) is 6.47. The average molecular weight is 372 g/mol. The largest absolute Gasteiger partial charge is 0.348 e. The maximum Gasteiger partial charge on any atom is 0.251 e. The molecule has 2 aromatic carbocycles. The fraction of sp³-hybridized carbons (Fsp3) is 0.350. The fourth-order valence-corrected chi connectivity index (χ4v) is 4.34. The number of sulfonamides is 1. The Labute approximate surface area is 155 Å². The lowest BCUT2D eigenvalue weighted by Crippen LogP contribution is -2.36. The molecule has 0 radical (unpaired) electrons. The van der Waals surface area contributed by atoms with E-state index >= 15 is 0 Å². The maximum atomic E-state index is 12.5. The molecule has 1 heterocycles. The Hall–Kier alpha value is -2.34. The number of hydrogen-bond acceptors (Lipinski definition) is 3. The first-order chi connectivity index (χ1) is 12.4. The lowest BCUT2D eigenvalue weighted by molar-refractivity contribution is 0.0951. The SMILES string of the molecule is CCS(=O)(=O)N1CCCc2cc(C(=O)NCc3ccc(C)cc3)ccc21. The Bertz CT molecular complexity index is 905. The molecule has 6 heteroatoms. The molecule has 2 aromatic rings. The summed E-state index contributed by atoms with van der Waals surface area (Å²) in [7, 11) is -3.28. The van der Waals surface area contributed by atoms with E-state index < -0.39 is 10.0 Å². The maximum absolute atomic E-state index is 12.5. The van der Waals surface area contributed by atoms with Crippen molar-refractivity contribution in [3.8, 4) is 0 Å². The summed E-state index contributed by atoms with van der Waals surface area (Å²) in [6, 6.07) is 13.3. The van der Waals surface area contributed by atoms with Gasteiger partial charge in [-0.05, 0) is 56.0 Å². The number of fused-ring (bicyclic) bond motifs is 1. The van der Waals surface area contributed by atoms with Gasteiger partial charge in [-0.2, -0.15) is 0 Å². The Kier molecular flexibility index (Phi) is 5.32. The zero-order valence-electron chi connectivity index (χ0n) is 15.2. The van der Waals surface area contributed by atoms with Crippen LogP contribution in [0.2, 0.25) is 0 Å². The highest BCUT2D eigenvalue weighted by molar-refractivity contribution is 7.92. The third-order valence-electron chi connectivity index (χ3n) is 4.69. The third kappa shape index (κ3) is 3.90. The van der Waals surface area contributed by atoms with E-state index in [2.05, 4.69) is 5.32 Å². The van der Waals surface area contributed by atoms with Gasteiger partial charge >= 0.3 is 0 Å². The standard InChI is InChI=1S/C20H24N2O3S/c1-3-26(24,25)22-12-4-5-17-13-18(10-11-19(17)22)20(23)21-14-16-8-6-15(2)7-9-16/h6-11,13H,3-5,12,14H2,1-2H3,(H,21,23). The minimum Gasteiger partial charge on any atom is -0.348 e. The first-order valence-electron chi connectivity index (χ1n) is 8.88. The Morgan fingerprint density at radius 3 is 2.58 bits per heavy atom. The van der Waals surface area contributed by atoms with Gasteiger partial charge in [-0.3, -0.25) is 9.10 Å². The minimum absolute atomic E-state index is 0.0746. The topological polar surface area (TPSA) is 66.5 Å². The van der Waals surface area contributed by atoms with Crippen LogP contribution in [0.15, 0.2) is 42.5 Å². The van der Waals surface area contributed by atoms with Gasteiger partial charge < -0.3 is 5.32 Å². The highest BCUT2D eigenvalue weighted by Crippen LogP contribution is 2.30. The van der Waals surface area contributed by atoms with E-state index in [0.717, 1.165) is 24.0 Å². The summed E-state index contributed by atoms with van der Waals surface area (Å²) in [5.41, 5.74) is 4.40. The first kappa shape index (κ1) is 18.5. The molecule has 0 spiro atoms. The molecule has 138 valence electrons. The van der Waals surface area contributed by atoms with Crippen molar-refractivity contribution in [2.45, 2.75) is 33.2 Å². The van der Waals surface area contributed by atoms with Gasteiger partial charge in [0.2, 0.25) is 10.0 Å². The molecule has 0 saturated carbocycles. The summed E-state index contributed by atoms with van der Waals surface area (Å²) in [6.07, 6.45) is 1.55. The second-order valence-electron chi connectivity index (χ2n) is 6.59. The van der Waals surface area contributed by atoms with Crippen LogP contribution in [-0.4, -0.2) is 26.6 Å². The number of hydrogen-bond donors (Lipinski definition) is 1. The van der Waals surface area contributed by atoms with Crippen molar-refractivity contribution in [1.82, 2.24) is 5.32 Å². The Morgan fingerprint density at radius 1 is 1.15 bits per heavy atom. The molecule has 1 aliphatic heterocycles. The van der Waals surface area contributed by atoms with Crippen LogP contribution in [0.1, 0.15) is 40.4 Å². The summed E-state index contributed by atoms with van der Waals surface area (Å²) in [5, 5.41) is 2.92. The average Bonchev–Trinajstić information content (AvgIpc) is 2.66. The molecule has 1 N–H and O–H groups in total. The van der Waals surface area contributed by atoms with Gasteiger partial charge in [-0.15, -0.1) is 0 Å². The summed E-state index contributed by atoms with van der Waals surface area (Å²) < 4.78 is 26.0. The fourth-order valence-electron chi connectivity index (χ4n) is 3.14. The quantitative estimate of drug-likeness (QED) is 0.877. The van der Waals surface area contributed by atoms with Gasteiger partial charge in [-0.25, -0.2) is 8.42 Å². The Morgan fingerprint density at radius 2 is 1.88 bits per heavy atom. The van der Waals surface area contributed by atoms with Crippen molar-refractivity contribution in [2.24, 2.45) is 0 Å². The van der Waals surface area contributed by atoms with E-state index in [1.807, 2.05) is 37.3 Å². The van der Waals surface area contributed by atoms with Gasteiger partial charge in [0.1, 0.15) is 0 Å².